The molecule has 1 aromatic heterocycles. The van der Waals surface area contributed by atoms with Crippen molar-refractivity contribution in [2.45, 2.75) is 55.2 Å². The fourth-order valence-corrected chi connectivity index (χ4v) is 6.54. The minimum Gasteiger partial charge on any atom is -0.467 e. The lowest BCUT2D eigenvalue weighted by molar-refractivity contribution is -0.144. The van der Waals surface area contributed by atoms with E-state index in [1.54, 1.807) is 12.2 Å². The Balaban J connectivity index is 1.40. The third-order valence-electron chi connectivity index (χ3n) is 7.61. The van der Waals surface area contributed by atoms with Gasteiger partial charge in [-0.25, -0.2) is 28.3 Å². The van der Waals surface area contributed by atoms with E-state index < -0.39 is 29.4 Å². The van der Waals surface area contributed by atoms with Crippen LogP contribution in [0.3, 0.4) is 0 Å². The highest BCUT2D eigenvalue weighted by Crippen LogP contribution is 2.30. The van der Waals surface area contributed by atoms with Gasteiger partial charge in [-0.15, -0.1) is 11.8 Å². The smallest absolute Gasteiger partial charge is 0.349 e. The SMILES string of the molecule is COC(=O)C(CSc1cccc2ccccc12)n1c(=O)n2n(c1=O)C(C(=O)NCC1CCC(N)CC1)C=CC2. The lowest BCUT2D eigenvalue weighted by Gasteiger charge is -2.27. The molecule has 2 aliphatic rings. The molecule has 2 heterocycles. The van der Waals surface area contributed by atoms with Crippen molar-refractivity contribution in [1.29, 1.82) is 0 Å². The molecule has 0 bridgehead atoms. The average molecular weight is 552 g/mol. The van der Waals surface area contributed by atoms with Gasteiger partial charge in [0.2, 0.25) is 5.91 Å². The second-order valence-electron chi connectivity index (χ2n) is 10.1. The predicted octanol–water partition coefficient (Wildman–Crippen LogP) is 2.22. The second kappa shape index (κ2) is 11.7. The monoisotopic (exact) mass is 551 g/mol. The molecule has 5 rings (SSSR count). The molecule has 2 atom stereocenters. The van der Waals surface area contributed by atoms with Crippen LogP contribution < -0.4 is 22.4 Å². The number of carbonyl (C=O) groups is 2. The molecule has 1 aliphatic heterocycles. The lowest BCUT2D eigenvalue weighted by atomic mass is 9.86. The maximum atomic E-state index is 13.6. The van der Waals surface area contributed by atoms with Crippen LogP contribution >= 0.6 is 11.8 Å². The zero-order valence-corrected chi connectivity index (χ0v) is 22.6. The molecule has 1 fully saturated rings. The van der Waals surface area contributed by atoms with E-state index in [0.29, 0.717) is 12.5 Å². The molecule has 206 valence electrons. The van der Waals surface area contributed by atoms with Crippen LogP contribution in [0.25, 0.3) is 10.8 Å². The summed E-state index contributed by atoms with van der Waals surface area (Å²) in [5.74, 6) is -0.628. The highest BCUT2D eigenvalue weighted by atomic mass is 32.2. The van der Waals surface area contributed by atoms with Crippen molar-refractivity contribution in [2.75, 3.05) is 19.4 Å². The Morgan fingerprint density at radius 1 is 1.08 bits per heavy atom. The van der Waals surface area contributed by atoms with Crippen LogP contribution in [0.1, 0.15) is 37.8 Å². The fourth-order valence-electron chi connectivity index (χ4n) is 5.40. The van der Waals surface area contributed by atoms with E-state index in [1.807, 2.05) is 42.5 Å². The zero-order valence-electron chi connectivity index (χ0n) is 21.8. The average Bonchev–Trinajstić information content (AvgIpc) is 3.22. The summed E-state index contributed by atoms with van der Waals surface area (Å²) in [6.07, 6.45) is 7.05. The summed E-state index contributed by atoms with van der Waals surface area (Å²) in [6.45, 7) is 0.609. The van der Waals surface area contributed by atoms with E-state index in [9.17, 15) is 19.2 Å². The van der Waals surface area contributed by atoms with Crippen LogP contribution in [-0.2, 0) is 20.9 Å². The van der Waals surface area contributed by atoms with E-state index in [1.165, 1.54) is 23.6 Å². The Bertz CT molecular complexity index is 1510. The number of allylic oxidation sites excluding steroid dienone is 1. The number of nitrogens with zero attached hydrogens (tertiary/aromatic N) is 3. The van der Waals surface area contributed by atoms with Crippen molar-refractivity contribution in [2.24, 2.45) is 11.7 Å². The number of fused-ring (bicyclic) bond motifs is 2. The fraction of sp³-hybridized carbons (Fsp3) is 0.429. The van der Waals surface area contributed by atoms with Crippen LogP contribution in [0.15, 0.2) is 69.1 Å². The number of methoxy groups -OCH3 is 1. The first kappa shape index (κ1) is 27.0. The highest BCUT2D eigenvalue weighted by Gasteiger charge is 2.34. The number of rotatable bonds is 8. The third kappa shape index (κ3) is 5.46. The van der Waals surface area contributed by atoms with E-state index in [2.05, 4.69) is 5.32 Å². The summed E-state index contributed by atoms with van der Waals surface area (Å²) in [5, 5.41) is 5.00. The number of thioether (sulfide) groups is 1. The van der Waals surface area contributed by atoms with E-state index in [4.69, 9.17) is 10.5 Å². The Morgan fingerprint density at radius 2 is 1.82 bits per heavy atom. The lowest BCUT2D eigenvalue weighted by Crippen LogP contribution is -2.43. The summed E-state index contributed by atoms with van der Waals surface area (Å²) in [5.41, 5.74) is 4.61. The Kier molecular flexibility index (Phi) is 8.08. The van der Waals surface area contributed by atoms with Crippen LogP contribution in [0.4, 0.5) is 0 Å². The largest absolute Gasteiger partial charge is 0.467 e. The molecule has 2 unspecified atom stereocenters. The Morgan fingerprint density at radius 3 is 2.59 bits per heavy atom. The molecule has 1 amide bonds. The zero-order chi connectivity index (χ0) is 27.5. The van der Waals surface area contributed by atoms with Gasteiger partial charge >= 0.3 is 17.3 Å². The van der Waals surface area contributed by atoms with Gasteiger partial charge in [0.25, 0.3) is 0 Å². The van der Waals surface area contributed by atoms with Crippen molar-refractivity contribution in [3.8, 4) is 0 Å². The van der Waals surface area contributed by atoms with Gasteiger partial charge in [0, 0.05) is 23.2 Å². The third-order valence-corrected chi connectivity index (χ3v) is 8.75. The first-order chi connectivity index (χ1) is 18.9. The van der Waals surface area contributed by atoms with Crippen LogP contribution in [0.2, 0.25) is 0 Å². The van der Waals surface area contributed by atoms with Crippen molar-refractivity contribution >= 4 is 34.4 Å². The van der Waals surface area contributed by atoms with Crippen molar-refractivity contribution < 1.29 is 14.3 Å². The summed E-state index contributed by atoms with van der Waals surface area (Å²) in [6, 6.07) is 11.8. The Hall–Kier alpha value is -3.57. The Labute approximate surface area is 229 Å². The van der Waals surface area contributed by atoms with Gasteiger partial charge < -0.3 is 15.8 Å². The van der Waals surface area contributed by atoms with E-state index in [-0.39, 0.29) is 24.2 Å². The summed E-state index contributed by atoms with van der Waals surface area (Å²) in [7, 11) is 1.23. The highest BCUT2D eigenvalue weighted by molar-refractivity contribution is 7.99. The van der Waals surface area contributed by atoms with Crippen molar-refractivity contribution in [3.05, 3.63) is 75.6 Å². The van der Waals surface area contributed by atoms with Crippen LogP contribution in [-0.4, -0.2) is 51.3 Å². The van der Waals surface area contributed by atoms with E-state index >= 15 is 0 Å². The summed E-state index contributed by atoms with van der Waals surface area (Å²) >= 11 is 1.37. The summed E-state index contributed by atoms with van der Waals surface area (Å²) in [4.78, 5) is 54.0. The van der Waals surface area contributed by atoms with Gasteiger partial charge in [-0.2, -0.15) is 0 Å². The minimum absolute atomic E-state index is 0.105. The molecular weight excluding hydrogens is 518 g/mol. The number of hydrogen-bond acceptors (Lipinski definition) is 7. The molecule has 0 spiro atoms. The summed E-state index contributed by atoms with van der Waals surface area (Å²) < 4.78 is 8.27. The van der Waals surface area contributed by atoms with Gasteiger partial charge in [-0.05, 0) is 48.4 Å². The maximum absolute atomic E-state index is 13.6. The number of amides is 1. The minimum atomic E-state index is -1.17. The quantitative estimate of drug-likeness (QED) is 0.249. The van der Waals surface area contributed by atoms with Gasteiger partial charge in [0.05, 0.1) is 13.7 Å². The number of nitrogens with one attached hydrogen (secondary N) is 1. The number of hydrogen-bond donors (Lipinski definition) is 2. The maximum Gasteiger partial charge on any atom is 0.349 e. The predicted molar refractivity (Wildman–Crippen MR) is 150 cm³/mol. The number of carbonyl (C=O) groups excluding carboxylic acids is 2. The number of esters is 1. The molecule has 3 N–H and O–H groups in total. The van der Waals surface area contributed by atoms with Gasteiger partial charge in [0.1, 0.15) is 6.04 Å². The van der Waals surface area contributed by atoms with Crippen LogP contribution in [0.5, 0.6) is 0 Å². The molecule has 0 saturated heterocycles. The normalized spacial score (nSPS) is 21.3. The standard InChI is InChI=1S/C28H33N5O5S/c1-38-26(35)23(17-39-24-10-4-7-19-6-2-3-8-21(19)24)32-27(36)31-15-5-9-22(33(31)28(32)37)25(34)30-16-18-11-13-20(29)14-12-18/h2-10,18,20,22-23H,11-17,29H2,1H3,(H,30,34). The number of aromatic nitrogens is 3. The number of benzene rings is 2. The van der Waals surface area contributed by atoms with Crippen LogP contribution in [0, 0.1) is 5.92 Å². The topological polar surface area (TPSA) is 130 Å². The number of ether oxygens (including phenoxy) is 1. The van der Waals surface area contributed by atoms with E-state index in [0.717, 1.165) is 50.6 Å². The first-order valence-corrected chi connectivity index (χ1v) is 14.2. The molecule has 1 saturated carbocycles. The molecule has 0 radical (unpaired) electrons. The molecular formula is C28H33N5O5S. The van der Waals surface area contributed by atoms with Gasteiger partial charge in [-0.1, -0.05) is 48.6 Å². The molecule has 2 aromatic carbocycles. The van der Waals surface area contributed by atoms with Gasteiger partial charge in [-0.3, -0.25) is 4.79 Å². The molecule has 11 heteroatoms. The van der Waals surface area contributed by atoms with Crippen molar-refractivity contribution in [1.82, 2.24) is 19.2 Å². The molecule has 10 nitrogen and oxygen atoms in total. The number of nitrogens with two attached hydrogens (primary N) is 1. The first-order valence-electron chi connectivity index (χ1n) is 13.2. The van der Waals surface area contributed by atoms with Crippen molar-refractivity contribution in [3.63, 3.8) is 0 Å². The van der Waals surface area contributed by atoms with Gasteiger partial charge in [0.15, 0.2) is 6.04 Å². The second-order valence-corrected chi connectivity index (χ2v) is 11.1. The molecule has 39 heavy (non-hydrogen) atoms. The molecule has 1 aliphatic carbocycles. The molecule has 3 aromatic rings.